The van der Waals surface area contributed by atoms with Crippen molar-refractivity contribution >= 4 is 17.6 Å². The Kier molecular flexibility index (Phi) is 6.60. The van der Waals surface area contributed by atoms with Crippen molar-refractivity contribution in [1.82, 2.24) is 10.9 Å². The molecule has 0 bridgehead atoms. The summed E-state index contributed by atoms with van der Waals surface area (Å²) in [6.45, 7) is 7.94. The number of nitrogens with one attached hydrogen (secondary N) is 3. The first-order valence-corrected chi connectivity index (χ1v) is 8.55. The number of carbonyl (C=O) groups excluding carboxylic acids is 2. The average Bonchev–Trinajstić information content (AvgIpc) is 2.62. The third-order valence-corrected chi connectivity index (χ3v) is 3.96. The van der Waals surface area contributed by atoms with Gasteiger partial charge in [-0.05, 0) is 43.5 Å². The Morgan fingerprint density at radius 3 is 2.50 bits per heavy atom. The number of anilines is 1. The highest BCUT2D eigenvalue weighted by molar-refractivity contribution is 5.92. The van der Waals surface area contributed by atoms with Crippen LogP contribution in [0.3, 0.4) is 0 Å². The highest BCUT2D eigenvalue weighted by Gasteiger charge is 2.11. The molecule has 0 aromatic heterocycles. The zero-order valence-corrected chi connectivity index (χ0v) is 15.6. The Morgan fingerprint density at radius 1 is 1.00 bits per heavy atom. The molecule has 6 heteroatoms. The van der Waals surface area contributed by atoms with Crippen LogP contribution in [0.1, 0.15) is 35.6 Å². The van der Waals surface area contributed by atoms with Crippen LogP contribution in [0.2, 0.25) is 0 Å². The van der Waals surface area contributed by atoms with E-state index in [4.69, 9.17) is 4.74 Å². The molecule has 3 amide bonds. The minimum absolute atomic E-state index is 0.261. The second kappa shape index (κ2) is 8.89. The lowest BCUT2D eigenvalue weighted by Gasteiger charge is -2.16. The fraction of sp³-hybridized carbons (Fsp3) is 0.300. The number of urea groups is 1. The number of carbonyl (C=O) groups is 2. The number of hydrogen-bond donors (Lipinski definition) is 3. The monoisotopic (exact) mass is 355 g/mol. The summed E-state index contributed by atoms with van der Waals surface area (Å²) in [6, 6.07) is 11.3. The average molecular weight is 355 g/mol. The molecule has 3 N–H and O–H groups in total. The van der Waals surface area contributed by atoms with Gasteiger partial charge in [0.2, 0.25) is 5.91 Å². The van der Waals surface area contributed by atoms with Crippen molar-refractivity contribution in [3.05, 3.63) is 58.7 Å². The van der Waals surface area contributed by atoms with Crippen molar-refractivity contribution in [3.8, 4) is 5.75 Å². The van der Waals surface area contributed by atoms with E-state index in [2.05, 4.69) is 16.2 Å². The first-order valence-electron chi connectivity index (χ1n) is 8.55. The van der Waals surface area contributed by atoms with E-state index >= 15 is 0 Å². The maximum atomic E-state index is 12.0. The van der Waals surface area contributed by atoms with Crippen LogP contribution in [0.5, 0.6) is 5.75 Å². The fourth-order valence-electron chi connectivity index (χ4n) is 2.41. The Balaban J connectivity index is 2.09. The van der Waals surface area contributed by atoms with Crippen LogP contribution in [-0.2, 0) is 11.4 Å². The molecule has 2 rings (SSSR count). The number of benzene rings is 2. The van der Waals surface area contributed by atoms with Gasteiger partial charge in [-0.15, -0.1) is 0 Å². The van der Waals surface area contributed by atoms with E-state index in [1.54, 1.807) is 6.92 Å². The van der Waals surface area contributed by atoms with Crippen LogP contribution >= 0.6 is 0 Å². The van der Waals surface area contributed by atoms with Crippen LogP contribution in [-0.4, -0.2) is 11.9 Å². The number of hydrogen-bond acceptors (Lipinski definition) is 3. The lowest BCUT2D eigenvalue weighted by Crippen LogP contribution is -2.43. The minimum atomic E-state index is -0.505. The summed E-state index contributed by atoms with van der Waals surface area (Å²) < 4.78 is 5.96. The van der Waals surface area contributed by atoms with Crippen molar-refractivity contribution in [2.45, 2.75) is 40.7 Å². The fourth-order valence-corrected chi connectivity index (χ4v) is 2.41. The Hall–Kier alpha value is -3.02. The van der Waals surface area contributed by atoms with Crippen LogP contribution in [0.25, 0.3) is 0 Å². The Labute approximate surface area is 153 Å². The molecule has 138 valence electrons. The Morgan fingerprint density at radius 2 is 1.77 bits per heavy atom. The van der Waals surface area contributed by atoms with Crippen LogP contribution in [0.4, 0.5) is 10.5 Å². The van der Waals surface area contributed by atoms with Crippen molar-refractivity contribution in [2.75, 3.05) is 5.32 Å². The lowest BCUT2D eigenvalue weighted by atomic mass is 10.1. The molecule has 0 aliphatic rings. The van der Waals surface area contributed by atoms with Gasteiger partial charge >= 0.3 is 6.03 Å². The third kappa shape index (κ3) is 5.24. The zero-order chi connectivity index (χ0) is 19.1. The second-order valence-electron chi connectivity index (χ2n) is 6.15. The van der Waals surface area contributed by atoms with Gasteiger partial charge in [0, 0.05) is 12.0 Å². The molecule has 0 spiro atoms. The summed E-state index contributed by atoms with van der Waals surface area (Å²) in [6.07, 6.45) is 0.291. The molecule has 0 atom stereocenters. The molecule has 0 radical (unpaired) electrons. The molecule has 0 aliphatic carbocycles. The Bertz CT molecular complexity index is 803. The smallest absolute Gasteiger partial charge is 0.337 e. The van der Waals surface area contributed by atoms with Crippen molar-refractivity contribution in [2.24, 2.45) is 0 Å². The topological polar surface area (TPSA) is 79.5 Å². The maximum Gasteiger partial charge on any atom is 0.337 e. The molecule has 0 heterocycles. The normalized spacial score (nSPS) is 10.2. The quantitative estimate of drug-likeness (QED) is 0.715. The summed E-state index contributed by atoms with van der Waals surface area (Å²) in [5.41, 5.74) is 9.27. The molecule has 0 saturated heterocycles. The largest absolute Gasteiger partial charge is 0.489 e. The van der Waals surface area contributed by atoms with E-state index in [1.165, 1.54) is 0 Å². The van der Waals surface area contributed by atoms with E-state index in [1.807, 2.05) is 57.2 Å². The van der Waals surface area contributed by atoms with Gasteiger partial charge in [-0.3, -0.25) is 10.2 Å². The summed E-state index contributed by atoms with van der Waals surface area (Å²) in [5.74, 6) is 0.556. The number of rotatable bonds is 5. The molecule has 0 unspecified atom stereocenters. The van der Waals surface area contributed by atoms with Gasteiger partial charge in [-0.25, -0.2) is 10.2 Å². The number of ether oxygens (including phenoxy) is 1. The first kappa shape index (κ1) is 19.3. The van der Waals surface area contributed by atoms with Gasteiger partial charge < -0.3 is 10.1 Å². The second-order valence-corrected chi connectivity index (χ2v) is 6.15. The summed E-state index contributed by atoms with van der Waals surface area (Å²) in [7, 11) is 0. The van der Waals surface area contributed by atoms with Crippen LogP contribution in [0, 0.1) is 20.8 Å². The molecule has 2 aromatic carbocycles. The molecule has 0 aliphatic heterocycles. The predicted octanol–water partition coefficient (Wildman–Crippen LogP) is 3.75. The van der Waals surface area contributed by atoms with E-state index < -0.39 is 6.03 Å². The maximum absolute atomic E-state index is 12.0. The van der Waals surface area contributed by atoms with Gasteiger partial charge in [0.1, 0.15) is 12.4 Å². The SMILES string of the molecule is CCC(=O)NNC(=O)Nc1c(C)cccc1COc1cc(C)ccc1C. The highest BCUT2D eigenvalue weighted by atomic mass is 16.5. The summed E-state index contributed by atoms with van der Waals surface area (Å²) in [4.78, 5) is 23.3. The zero-order valence-electron chi connectivity index (χ0n) is 15.6. The molecule has 2 aromatic rings. The van der Waals surface area contributed by atoms with Crippen molar-refractivity contribution in [1.29, 1.82) is 0 Å². The number of aryl methyl sites for hydroxylation is 3. The first-order chi connectivity index (χ1) is 12.4. The predicted molar refractivity (Wildman–Crippen MR) is 102 cm³/mol. The molecular weight excluding hydrogens is 330 g/mol. The van der Waals surface area contributed by atoms with E-state index in [-0.39, 0.29) is 5.91 Å². The van der Waals surface area contributed by atoms with Crippen molar-refractivity contribution in [3.63, 3.8) is 0 Å². The highest BCUT2D eigenvalue weighted by Crippen LogP contribution is 2.25. The standard InChI is InChI=1S/C20H25N3O3/c1-5-18(24)22-23-20(25)21-19-15(4)7-6-8-16(19)12-26-17-11-13(2)9-10-14(17)3/h6-11H,5,12H2,1-4H3,(H,22,24)(H2,21,23,25). The van der Waals surface area contributed by atoms with Gasteiger partial charge in [0.15, 0.2) is 0 Å². The van der Waals surface area contributed by atoms with Crippen molar-refractivity contribution < 1.29 is 14.3 Å². The van der Waals surface area contributed by atoms with Gasteiger partial charge in [-0.1, -0.05) is 37.3 Å². The summed E-state index contributed by atoms with van der Waals surface area (Å²) in [5, 5.41) is 2.78. The molecule has 0 fully saturated rings. The number of para-hydroxylation sites is 1. The van der Waals surface area contributed by atoms with Crippen LogP contribution in [0.15, 0.2) is 36.4 Å². The van der Waals surface area contributed by atoms with Crippen LogP contribution < -0.4 is 20.9 Å². The lowest BCUT2D eigenvalue weighted by molar-refractivity contribution is -0.121. The van der Waals surface area contributed by atoms with Gasteiger partial charge in [0.05, 0.1) is 5.69 Å². The van der Waals surface area contributed by atoms with E-state index in [9.17, 15) is 9.59 Å². The molecule has 0 saturated carbocycles. The van der Waals surface area contributed by atoms with Gasteiger partial charge in [-0.2, -0.15) is 0 Å². The minimum Gasteiger partial charge on any atom is -0.489 e. The number of hydrazine groups is 1. The summed E-state index contributed by atoms with van der Waals surface area (Å²) >= 11 is 0. The third-order valence-electron chi connectivity index (χ3n) is 3.96. The molecular formula is C20H25N3O3. The molecule has 26 heavy (non-hydrogen) atoms. The van der Waals surface area contributed by atoms with Gasteiger partial charge in [0.25, 0.3) is 0 Å². The van der Waals surface area contributed by atoms with E-state index in [0.717, 1.165) is 28.0 Å². The molecule has 6 nitrogen and oxygen atoms in total. The number of amides is 3. The van der Waals surface area contributed by atoms with E-state index in [0.29, 0.717) is 18.7 Å².